The summed E-state index contributed by atoms with van der Waals surface area (Å²) in [5, 5.41) is 2.86. The monoisotopic (exact) mass is 334 g/mol. The van der Waals surface area contributed by atoms with Gasteiger partial charge in [0.2, 0.25) is 11.8 Å². The SMILES string of the molecule is CCc1cccc(CC)c1N(CCC(=O)NCCCOC)C(C)=O. The molecule has 0 bridgehead atoms. The highest BCUT2D eigenvalue weighted by Gasteiger charge is 2.18. The summed E-state index contributed by atoms with van der Waals surface area (Å²) in [6.07, 6.45) is 2.80. The molecule has 1 N–H and O–H groups in total. The van der Waals surface area contributed by atoms with Gasteiger partial charge in [0, 0.05) is 45.8 Å². The van der Waals surface area contributed by atoms with E-state index in [1.807, 2.05) is 6.07 Å². The van der Waals surface area contributed by atoms with Crippen LogP contribution in [0.25, 0.3) is 0 Å². The first-order chi connectivity index (χ1) is 11.5. The molecule has 0 fully saturated rings. The van der Waals surface area contributed by atoms with E-state index in [0.717, 1.165) is 36.1 Å². The topological polar surface area (TPSA) is 58.6 Å². The van der Waals surface area contributed by atoms with E-state index in [1.165, 1.54) is 0 Å². The van der Waals surface area contributed by atoms with E-state index >= 15 is 0 Å². The predicted molar refractivity (Wildman–Crippen MR) is 97.3 cm³/mol. The Morgan fingerprint density at radius 1 is 1.17 bits per heavy atom. The molecule has 0 aliphatic carbocycles. The van der Waals surface area contributed by atoms with E-state index in [0.29, 0.717) is 26.1 Å². The number of carbonyl (C=O) groups is 2. The minimum Gasteiger partial charge on any atom is -0.385 e. The maximum atomic E-state index is 12.2. The van der Waals surface area contributed by atoms with Gasteiger partial charge in [-0.2, -0.15) is 0 Å². The molecular weight excluding hydrogens is 304 g/mol. The van der Waals surface area contributed by atoms with Gasteiger partial charge in [-0.05, 0) is 30.4 Å². The lowest BCUT2D eigenvalue weighted by molar-refractivity contribution is -0.121. The molecule has 1 rings (SSSR count). The Kier molecular flexibility index (Phi) is 9.08. The summed E-state index contributed by atoms with van der Waals surface area (Å²) in [4.78, 5) is 25.9. The number of nitrogens with zero attached hydrogens (tertiary/aromatic N) is 1. The first-order valence-electron chi connectivity index (χ1n) is 8.69. The number of anilines is 1. The number of ether oxygens (including phenoxy) is 1. The number of aryl methyl sites for hydroxylation is 2. The van der Waals surface area contributed by atoms with Crippen LogP contribution >= 0.6 is 0 Å². The van der Waals surface area contributed by atoms with Gasteiger partial charge in [0.1, 0.15) is 0 Å². The van der Waals surface area contributed by atoms with Crippen LogP contribution in [0.1, 0.15) is 44.7 Å². The van der Waals surface area contributed by atoms with E-state index in [1.54, 1.807) is 18.9 Å². The van der Waals surface area contributed by atoms with E-state index in [-0.39, 0.29) is 11.8 Å². The third kappa shape index (κ3) is 5.96. The van der Waals surface area contributed by atoms with Gasteiger partial charge in [-0.15, -0.1) is 0 Å². The number of rotatable bonds is 10. The van der Waals surface area contributed by atoms with Crippen LogP contribution in [0.4, 0.5) is 5.69 Å². The zero-order valence-electron chi connectivity index (χ0n) is 15.4. The molecule has 0 spiro atoms. The van der Waals surface area contributed by atoms with Gasteiger partial charge in [0.25, 0.3) is 0 Å². The molecule has 0 aromatic heterocycles. The maximum Gasteiger partial charge on any atom is 0.223 e. The highest BCUT2D eigenvalue weighted by molar-refractivity contribution is 5.94. The van der Waals surface area contributed by atoms with Crippen molar-refractivity contribution in [2.45, 2.75) is 46.5 Å². The summed E-state index contributed by atoms with van der Waals surface area (Å²) in [5.41, 5.74) is 3.26. The summed E-state index contributed by atoms with van der Waals surface area (Å²) >= 11 is 0. The summed E-state index contributed by atoms with van der Waals surface area (Å²) in [7, 11) is 1.64. The number of nitrogens with one attached hydrogen (secondary N) is 1. The second-order valence-electron chi connectivity index (χ2n) is 5.75. The molecule has 0 saturated carbocycles. The molecule has 0 aliphatic rings. The van der Waals surface area contributed by atoms with E-state index in [9.17, 15) is 9.59 Å². The highest BCUT2D eigenvalue weighted by Crippen LogP contribution is 2.27. The molecule has 1 aromatic rings. The number of benzene rings is 1. The molecule has 0 saturated heterocycles. The van der Waals surface area contributed by atoms with Crippen LogP contribution in [-0.2, 0) is 27.2 Å². The number of carbonyl (C=O) groups excluding carboxylic acids is 2. The largest absolute Gasteiger partial charge is 0.385 e. The van der Waals surface area contributed by atoms with Crippen LogP contribution in [0.2, 0.25) is 0 Å². The van der Waals surface area contributed by atoms with Gasteiger partial charge in [-0.1, -0.05) is 32.0 Å². The van der Waals surface area contributed by atoms with Crippen molar-refractivity contribution in [1.82, 2.24) is 5.32 Å². The maximum absolute atomic E-state index is 12.2. The van der Waals surface area contributed by atoms with Crippen LogP contribution in [-0.4, -0.2) is 38.6 Å². The fourth-order valence-corrected chi connectivity index (χ4v) is 2.73. The van der Waals surface area contributed by atoms with Gasteiger partial charge >= 0.3 is 0 Å². The van der Waals surface area contributed by atoms with Gasteiger partial charge in [-0.25, -0.2) is 0 Å². The Morgan fingerprint density at radius 3 is 2.29 bits per heavy atom. The van der Waals surface area contributed by atoms with Crippen molar-refractivity contribution in [3.05, 3.63) is 29.3 Å². The van der Waals surface area contributed by atoms with Crippen molar-refractivity contribution >= 4 is 17.5 Å². The molecule has 134 valence electrons. The Hall–Kier alpha value is -1.88. The van der Waals surface area contributed by atoms with E-state index in [4.69, 9.17) is 4.74 Å². The molecule has 2 amide bonds. The van der Waals surface area contributed by atoms with Crippen LogP contribution in [0.15, 0.2) is 18.2 Å². The summed E-state index contributed by atoms with van der Waals surface area (Å²) in [5.74, 6) is -0.0674. The fourth-order valence-electron chi connectivity index (χ4n) is 2.73. The molecule has 0 atom stereocenters. The van der Waals surface area contributed by atoms with E-state index < -0.39 is 0 Å². The average Bonchev–Trinajstić information content (AvgIpc) is 2.58. The third-order valence-electron chi connectivity index (χ3n) is 4.02. The average molecular weight is 334 g/mol. The number of hydrogen-bond donors (Lipinski definition) is 1. The quantitative estimate of drug-likeness (QED) is 0.669. The number of hydrogen-bond acceptors (Lipinski definition) is 3. The van der Waals surface area contributed by atoms with Crippen LogP contribution in [0.5, 0.6) is 0 Å². The van der Waals surface area contributed by atoms with Gasteiger partial charge < -0.3 is 15.0 Å². The van der Waals surface area contributed by atoms with Crippen molar-refractivity contribution in [3.63, 3.8) is 0 Å². The van der Waals surface area contributed by atoms with Crippen molar-refractivity contribution in [2.75, 3.05) is 31.7 Å². The lowest BCUT2D eigenvalue weighted by Gasteiger charge is -2.26. The lowest BCUT2D eigenvalue weighted by Crippen LogP contribution is -2.35. The smallest absolute Gasteiger partial charge is 0.223 e. The standard InChI is InChI=1S/C19H30N2O3/c1-5-16-9-7-10-17(6-2)19(16)21(15(3)22)13-11-18(23)20-12-8-14-24-4/h7,9-10H,5-6,8,11-14H2,1-4H3,(H,20,23). The highest BCUT2D eigenvalue weighted by atomic mass is 16.5. The van der Waals surface area contributed by atoms with Crippen molar-refractivity contribution in [1.29, 1.82) is 0 Å². The van der Waals surface area contributed by atoms with Crippen molar-refractivity contribution in [3.8, 4) is 0 Å². The molecule has 5 heteroatoms. The number of amides is 2. The predicted octanol–water partition coefficient (Wildman–Crippen LogP) is 2.71. The molecule has 0 unspecified atom stereocenters. The minimum atomic E-state index is -0.0376. The van der Waals surface area contributed by atoms with Gasteiger partial charge in [0.15, 0.2) is 0 Å². The number of para-hydroxylation sites is 1. The number of methoxy groups -OCH3 is 1. The normalized spacial score (nSPS) is 10.5. The van der Waals surface area contributed by atoms with Crippen LogP contribution in [0, 0.1) is 0 Å². The zero-order chi connectivity index (χ0) is 17.9. The fraction of sp³-hybridized carbons (Fsp3) is 0.579. The summed E-state index contributed by atoms with van der Waals surface area (Å²) in [6.45, 7) is 7.35. The zero-order valence-corrected chi connectivity index (χ0v) is 15.4. The molecule has 5 nitrogen and oxygen atoms in total. The molecule has 0 heterocycles. The Morgan fingerprint density at radius 2 is 1.79 bits per heavy atom. The van der Waals surface area contributed by atoms with Gasteiger partial charge in [-0.3, -0.25) is 9.59 Å². The minimum absolute atomic E-state index is 0.0298. The molecular formula is C19H30N2O3. The van der Waals surface area contributed by atoms with Crippen LogP contribution < -0.4 is 10.2 Å². The first-order valence-corrected chi connectivity index (χ1v) is 8.69. The van der Waals surface area contributed by atoms with Gasteiger partial charge in [0.05, 0.1) is 0 Å². The first kappa shape index (κ1) is 20.2. The third-order valence-corrected chi connectivity index (χ3v) is 4.02. The van der Waals surface area contributed by atoms with Crippen molar-refractivity contribution in [2.24, 2.45) is 0 Å². The molecule has 0 aliphatic heterocycles. The van der Waals surface area contributed by atoms with Crippen molar-refractivity contribution < 1.29 is 14.3 Å². The molecule has 24 heavy (non-hydrogen) atoms. The Labute approximate surface area is 145 Å². The molecule has 0 radical (unpaired) electrons. The second-order valence-corrected chi connectivity index (χ2v) is 5.75. The van der Waals surface area contributed by atoms with E-state index in [2.05, 4.69) is 31.3 Å². The second kappa shape index (κ2) is 10.8. The Balaban J connectivity index is 2.78. The van der Waals surface area contributed by atoms with Crippen LogP contribution in [0.3, 0.4) is 0 Å². The summed E-state index contributed by atoms with van der Waals surface area (Å²) in [6, 6.07) is 6.13. The summed E-state index contributed by atoms with van der Waals surface area (Å²) < 4.78 is 4.96. The Bertz CT molecular complexity index is 521. The molecule has 1 aromatic carbocycles. The lowest BCUT2D eigenvalue weighted by atomic mass is 10.0.